The zero-order valence-electron chi connectivity index (χ0n) is 17.8. The molecule has 0 unspecified atom stereocenters. The SMILES string of the molecule is CC(C)OCCCSCCCCCCCCCCCCCCCC(F)(F)F. The van der Waals surface area contributed by atoms with Crippen LogP contribution >= 0.6 is 11.8 Å². The van der Waals surface area contributed by atoms with Crippen LogP contribution in [-0.2, 0) is 4.74 Å². The Morgan fingerprint density at radius 1 is 0.630 bits per heavy atom. The molecule has 0 saturated heterocycles. The van der Waals surface area contributed by atoms with Gasteiger partial charge in [0, 0.05) is 13.0 Å². The Morgan fingerprint density at radius 2 is 1.04 bits per heavy atom. The van der Waals surface area contributed by atoms with Crippen molar-refractivity contribution in [3.8, 4) is 0 Å². The number of unbranched alkanes of at least 4 members (excludes halogenated alkanes) is 12. The molecule has 5 heteroatoms. The fourth-order valence-corrected chi connectivity index (χ4v) is 3.99. The smallest absolute Gasteiger partial charge is 0.379 e. The van der Waals surface area contributed by atoms with Gasteiger partial charge in [0.2, 0.25) is 0 Å². The van der Waals surface area contributed by atoms with Crippen LogP contribution in [0, 0.1) is 0 Å². The molecular formula is C22H43F3OS. The van der Waals surface area contributed by atoms with E-state index in [1.54, 1.807) is 0 Å². The Bertz CT molecular complexity index is 296. The first kappa shape index (κ1) is 27.1. The summed E-state index contributed by atoms with van der Waals surface area (Å²) >= 11 is 2.05. The van der Waals surface area contributed by atoms with Gasteiger partial charge in [-0.15, -0.1) is 0 Å². The highest BCUT2D eigenvalue weighted by Gasteiger charge is 2.25. The second kappa shape index (κ2) is 19.4. The number of hydrogen-bond acceptors (Lipinski definition) is 2. The predicted molar refractivity (Wildman–Crippen MR) is 114 cm³/mol. The fourth-order valence-electron chi connectivity index (χ4n) is 3.06. The minimum absolute atomic E-state index is 0.300. The third-order valence-corrected chi connectivity index (χ3v) is 5.79. The lowest BCUT2D eigenvalue weighted by atomic mass is 10.0. The van der Waals surface area contributed by atoms with Gasteiger partial charge in [0.15, 0.2) is 0 Å². The molecule has 1 nitrogen and oxygen atoms in total. The van der Waals surface area contributed by atoms with Crippen molar-refractivity contribution >= 4 is 11.8 Å². The van der Waals surface area contributed by atoms with Crippen molar-refractivity contribution in [2.75, 3.05) is 18.1 Å². The molecule has 0 heterocycles. The van der Waals surface area contributed by atoms with E-state index in [4.69, 9.17) is 4.74 Å². The van der Waals surface area contributed by atoms with E-state index in [0.717, 1.165) is 32.3 Å². The largest absolute Gasteiger partial charge is 0.389 e. The van der Waals surface area contributed by atoms with Gasteiger partial charge in [0.25, 0.3) is 0 Å². The monoisotopic (exact) mass is 412 g/mol. The van der Waals surface area contributed by atoms with Crippen LogP contribution < -0.4 is 0 Å². The molecule has 0 atom stereocenters. The lowest BCUT2D eigenvalue weighted by Gasteiger charge is -2.07. The molecule has 0 radical (unpaired) electrons. The average molecular weight is 413 g/mol. The zero-order valence-corrected chi connectivity index (χ0v) is 18.6. The van der Waals surface area contributed by atoms with Gasteiger partial charge in [-0.1, -0.05) is 70.6 Å². The minimum Gasteiger partial charge on any atom is -0.379 e. The summed E-state index contributed by atoms with van der Waals surface area (Å²) in [5.41, 5.74) is 0. The molecular weight excluding hydrogens is 369 g/mol. The predicted octanol–water partition coefficient (Wildman–Crippen LogP) is 8.56. The second-order valence-corrected chi connectivity index (χ2v) is 9.07. The molecule has 0 aliphatic rings. The first-order valence-corrected chi connectivity index (χ1v) is 12.3. The normalized spacial score (nSPS) is 12.2. The maximum Gasteiger partial charge on any atom is 0.389 e. The molecule has 0 rings (SSSR count). The Kier molecular flexibility index (Phi) is 19.5. The number of rotatable bonds is 20. The number of halogens is 3. The van der Waals surface area contributed by atoms with E-state index in [1.807, 2.05) is 0 Å². The molecule has 0 fully saturated rings. The third kappa shape index (κ3) is 26.1. The molecule has 0 aliphatic carbocycles. The number of hydrogen-bond donors (Lipinski definition) is 0. The Hall–Kier alpha value is 0.100. The van der Waals surface area contributed by atoms with Gasteiger partial charge >= 0.3 is 6.18 Å². The highest BCUT2D eigenvalue weighted by atomic mass is 32.2. The number of alkyl halides is 3. The van der Waals surface area contributed by atoms with Crippen LogP contribution in [0.25, 0.3) is 0 Å². The lowest BCUT2D eigenvalue weighted by Crippen LogP contribution is -2.06. The molecule has 0 spiro atoms. The van der Waals surface area contributed by atoms with E-state index in [-0.39, 0.29) is 0 Å². The van der Waals surface area contributed by atoms with Crippen molar-refractivity contribution in [3.05, 3.63) is 0 Å². The molecule has 0 aromatic heterocycles. The summed E-state index contributed by atoms with van der Waals surface area (Å²) < 4.78 is 41.5. The standard InChI is InChI=1S/C22H43F3OS/c1-21(2)26-18-16-20-27-19-15-13-11-9-7-5-3-4-6-8-10-12-14-17-22(23,24)25/h21H,3-20H2,1-2H3. The maximum absolute atomic E-state index is 12.0. The van der Waals surface area contributed by atoms with E-state index in [0.29, 0.717) is 12.5 Å². The summed E-state index contributed by atoms with van der Waals surface area (Å²) in [6.07, 6.45) is 11.8. The van der Waals surface area contributed by atoms with Gasteiger partial charge in [-0.2, -0.15) is 24.9 Å². The van der Waals surface area contributed by atoms with Crippen molar-refractivity contribution in [3.63, 3.8) is 0 Å². The van der Waals surface area contributed by atoms with Gasteiger partial charge in [0.05, 0.1) is 6.10 Å². The van der Waals surface area contributed by atoms with Gasteiger partial charge in [0.1, 0.15) is 0 Å². The van der Waals surface area contributed by atoms with Gasteiger partial charge < -0.3 is 4.74 Å². The van der Waals surface area contributed by atoms with Crippen molar-refractivity contribution in [1.82, 2.24) is 0 Å². The molecule has 0 N–H and O–H groups in total. The molecule has 27 heavy (non-hydrogen) atoms. The zero-order chi connectivity index (χ0) is 20.2. The molecule has 164 valence electrons. The Labute approximate surface area is 170 Å². The highest BCUT2D eigenvalue weighted by molar-refractivity contribution is 7.99. The maximum atomic E-state index is 12.0. The summed E-state index contributed by atoms with van der Waals surface area (Å²) in [7, 11) is 0. The molecule has 0 bridgehead atoms. The van der Waals surface area contributed by atoms with Crippen molar-refractivity contribution in [2.24, 2.45) is 0 Å². The molecule has 0 aromatic carbocycles. The van der Waals surface area contributed by atoms with Crippen LogP contribution in [0.4, 0.5) is 13.2 Å². The summed E-state index contributed by atoms with van der Waals surface area (Å²) in [6, 6.07) is 0. The summed E-state index contributed by atoms with van der Waals surface area (Å²) in [6.45, 7) is 5.06. The quantitative estimate of drug-likeness (QED) is 0.185. The molecule has 0 aliphatic heterocycles. The van der Waals surface area contributed by atoms with Crippen LogP contribution in [-0.4, -0.2) is 30.4 Å². The second-order valence-electron chi connectivity index (χ2n) is 7.85. The number of thioether (sulfide) groups is 1. The average Bonchev–Trinajstić information content (AvgIpc) is 2.58. The summed E-state index contributed by atoms with van der Waals surface area (Å²) in [4.78, 5) is 0. The van der Waals surface area contributed by atoms with Gasteiger partial charge in [-0.25, -0.2) is 0 Å². The first-order valence-electron chi connectivity index (χ1n) is 11.2. The summed E-state index contributed by atoms with van der Waals surface area (Å²) in [5, 5.41) is 0. The Morgan fingerprint density at radius 3 is 1.48 bits per heavy atom. The highest BCUT2D eigenvalue weighted by Crippen LogP contribution is 2.23. The summed E-state index contributed by atoms with van der Waals surface area (Å²) in [5.74, 6) is 2.50. The Balaban J connectivity index is 3.03. The topological polar surface area (TPSA) is 9.23 Å². The van der Waals surface area contributed by atoms with Crippen molar-refractivity contribution < 1.29 is 17.9 Å². The third-order valence-electron chi connectivity index (χ3n) is 4.63. The van der Waals surface area contributed by atoms with Crippen molar-refractivity contribution in [1.29, 1.82) is 0 Å². The lowest BCUT2D eigenvalue weighted by molar-refractivity contribution is -0.135. The molecule has 0 saturated carbocycles. The van der Waals surface area contributed by atoms with Crippen molar-refractivity contribution in [2.45, 2.75) is 122 Å². The van der Waals surface area contributed by atoms with Gasteiger partial charge in [-0.05, 0) is 44.6 Å². The van der Waals surface area contributed by atoms with E-state index in [9.17, 15) is 13.2 Å². The van der Waals surface area contributed by atoms with Crippen LogP contribution in [0.15, 0.2) is 0 Å². The van der Waals surface area contributed by atoms with Gasteiger partial charge in [-0.3, -0.25) is 0 Å². The van der Waals surface area contributed by atoms with E-state index in [1.165, 1.54) is 69.3 Å². The van der Waals surface area contributed by atoms with Crippen LogP contribution in [0.2, 0.25) is 0 Å². The van der Waals surface area contributed by atoms with Crippen LogP contribution in [0.3, 0.4) is 0 Å². The first-order chi connectivity index (χ1) is 12.9. The van der Waals surface area contributed by atoms with E-state index >= 15 is 0 Å². The molecule has 0 amide bonds. The fraction of sp³-hybridized carbons (Fsp3) is 1.00. The van der Waals surface area contributed by atoms with E-state index < -0.39 is 12.6 Å². The van der Waals surface area contributed by atoms with Crippen LogP contribution in [0.1, 0.15) is 110 Å². The van der Waals surface area contributed by atoms with Crippen LogP contribution in [0.5, 0.6) is 0 Å². The minimum atomic E-state index is -3.97. The number of ether oxygens (including phenoxy) is 1. The molecule has 0 aromatic rings. The van der Waals surface area contributed by atoms with E-state index in [2.05, 4.69) is 25.6 Å².